The Morgan fingerprint density at radius 2 is 0.900 bits per heavy atom. The number of carbonyl (C=O) groups excluding carboxylic acids is 3. The fourth-order valence-electron chi connectivity index (χ4n) is 8.80. The van der Waals surface area contributed by atoms with Crippen LogP contribution in [0.15, 0.2) is 121 Å². The number of carbonyl (C=O) groups is 4. The van der Waals surface area contributed by atoms with Crippen LogP contribution in [0.3, 0.4) is 0 Å². The minimum Gasteiger partial charge on any atom is -0.870 e. The largest absolute Gasteiger partial charge is 1.00 e. The minimum absolute atomic E-state index is 0. The van der Waals surface area contributed by atoms with E-state index in [1.54, 1.807) is 9.80 Å². The number of esters is 1. The topological polar surface area (TPSA) is 172 Å². The van der Waals surface area contributed by atoms with Gasteiger partial charge in [-0.2, -0.15) is 0 Å². The molecule has 0 aromatic heterocycles. The summed E-state index contributed by atoms with van der Waals surface area (Å²) in [4.78, 5) is 60.4. The summed E-state index contributed by atoms with van der Waals surface area (Å²) in [6, 6.07) is 37.5. The van der Waals surface area contributed by atoms with Crippen LogP contribution in [0.5, 0.6) is 0 Å². The van der Waals surface area contributed by atoms with Gasteiger partial charge in [0.25, 0.3) is 0 Å². The van der Waals surface area contributed by atoms with Gasteiger partial charge in [0.15, 0.2) is 0 Å². The molecule has 4 aromatic rings. The molecule has 2 aliphatic heterocycles. The Balaban J connectivity index is 0.000000461. The fraction of sp³-hybridized carbons (Fsp3) is 0.439. The fourth-order valence-corrected chi connectivity index (χ4v) is 8.80. The number of ether oxygens (including phenoxy) is 1. The molecule has 0 bridgehead atoms. The Kier molecular flexibility index (Phi) is 24.4. The molecule has 6 rings (SSSR count). The van der Waals surface area contributed by atoms with E-state index >= 15 is 0 Å². The predicted octanol–water partition coefficient (Wildman–Crippen LogP) is 4.58. The molecule has 2 fully saturated rings. The molecular weight excluding hydrogens is 876 g/mol. The van der Waals surface area contributed by atoms with Crippen molar-refractivity contribution in [3.63, 3.8) is 0 Å². The number of rotatable bonds is 12. The first-order valence-corrected chi connectivity index (χ1v) is 23.4. The number of carboxylic acids is 1. The van der Waals surface area contributed by atoms with Gasteiger partial charge < -0.3 is 30.6 Å². The van der Waals surface area contributed by atoms with E-state index in [1.807, 2.05) is 135 Å². The zero-order valence-electron chi connectivity index (χ0n) is 42.9. The van der Waals surface area contributed by atoms with E-state index in [1.165, 1.54) is 7.11 Å². The summed E-state index contributed by atoms with van der Waals surface area (Å²) in [6.45, 7) is 14.6. The molecule has 2 saturated heterocycles. The molecule has 4 N–H and O–H groups in total. The van der Waals surface area contributed by atoms with Gasteiger partial charge in [-0.1, -0.05) is 145 Å². The number of nitrogens with zero attached hydrogens (tertiary/aromatic N) is 4. The van der Waals surface area contributed by atoms with Gasteiger partial charge in [-0.3, -0.25) is 19.4 Å². The van der Waals surface area contributed by atoms with Crippen LogP contribution in [0.25, 0.3) is 0 Å². The molecule has 0 radical (unpaired) electrons. The first-order valence-electron chi connectivity index (χ1n) is 23.4. The first kappa shape index (κ1) is 60.4. The van der Waals surface area contributed by atoms with E-state index in [0.717, 1.165) is 35.1 Å². The van der Waals surface area contributed by atoms with Crippen LogP contribution in [-0.4, -0.2) is 131 Å². The van der Waals surface area contributed by atoms with Crippen molar-refractivity contribution in [2.45, 2.75) is 103 Å². The molecule has 2 aliphatic rings. The maximum Gasteiger partial charge on any atom is 1.00 e. The average molecular weight is 949 g/mol. The maximum atomic E-state index is 14.0. The van der Waals surface area contributed by atoms with Gasteiger partial charge in [0.05, 0.1) is 32.0 Å². The monoisotopic (exact) mass is 949 g/mol. The molecule has 13 heteroatoms. The number of piperidine rings is 2. The quantitative estimate of drug-likeness (QED) is 0.121. The van der Waals surface area contributed by atoms with E-state index < -0.39 is 29.9 Å². The standard InChI is InChI=1S/C29H36N2O3.C28H34N2O3.Li.2H2O/c1-29(2,3)18-12-19-30(4)24-17-20-31(25(21-24)28(33)34-5)27(32)26(22-13-8-6-9-14-22)23-15-10-7-11-16-23;1-28(2,3)17-11-18-29(4)23-16-19-30(24(20-23)27(32)33)26(31)25(21-12-7-5-8-13-21)22-14-9-6-10-15-22;;;/h6-11,13-16,24-26H,17,19-21H2,1-5H3;5-10,12-15,23-25H,16,18-20H2,1-4H3,(H,32,33);;2*1H2/q;;+1;;/p-1/t24-,25+;23-,24+;;;/m11.../s1. The number of amides is 2. The van der Waals surface area contributed by atoms with Crippen LogP contribution in [0.1, 0.15) is 101 Å². The summed E-state index contributed by atoms with van der Waals surface area (Å²) in [7, 11) is 5.40. The van der Waals surface area contributed by atoms with Crippen molar-refractivity contribution in [1.29, 1.82) is 0 Å². The Morgan fingerprint density at radius 1 is 0.600 bits per heavy atom. The van der Waals surface area contributed by atoms with Crippen molar-refractivity contribution in [2.75, 3.05) is 47.4 Å². The molecule has 12 nitrogen and oxygen atoms in total. The van der Waals surface area contributed by atoms with Gasteiger partial charge in [-0.05, 0) is 104 Å². The van der Waals surface area contributed by atoms with E-state index in [4.69, 9.17) is 4.74 Å². The molecule has 2 heterocycles. The third-order valence-electron chi connectivity index (χ3n) is 12.3. The molecule has 4 aromatic carbocycles. The van der Waals surface area contributed by atoms with E-state index in [-0.39, 0.29) is 70.5 Å². The van der Waals surface area contributed by atoms with E-state index in [0.29, 0.717) is 39.0 Å². The zero-order valence-corrected chi connectivity index (χ0v) is 42.9. The Hall–Kier alpha value is -5.68. The summed E-state index contributed by atoms with van der Waals surface area (Å²) < 4.78 is 5.14. The molecule has 0 unspecified atom stereocenters. The Morgan fingerprint density at radius 3 is 1.19 bits per heavy atom. The van der Waals surface area contributed by atoms with E-state index in [2.05, 4.69) is 75.0 Å². The second kappa shape index (κ2) is 28.2. The molecular formula is C57H73LiN4O8. The number of benzene rings is 4. The SMILES string of the molecule is CN(CC#CC(C)(C)C)[C@@H]1CCN(C(=O)C(c2ccccc2)c2ccccc2)[C@H](C(=O)O)C1.COC(=O)[C@@H]1C[C@H](N(C)CC#CC(C)(C)C)CCN1C(=O)C(c1ccccc1)c1ccccc1.O.[Li+].[OH-]. The van der Waals surface area contributed by atoms with Crippen LogP contribution in [0.4, 0.5) is 0 Å². The third-order valence-corrected chi connectivity index (χ3v) is 12.3. The van der Waals surface area contributed by atoms with Crippen LogP contribution in [-0.2, 0) is 23.9 Å². The van der Waals surface area contributed by atoms with Gasteiger partial charge >= 0.3 is 30.8 Å². The molecule has 0 spiro atoms. The normalized spacial score (nSPS) is 17.7. The smallest absolute Gasteiger partial charge is 0.870 e. The summed E-state index contributed by atoms with van der Waals surface area (Å²) in [6.07, 6.45) is 2.43. The van der Waals surface area contributed by atoms with E-state index in [9.17, 15) is 24.3 Å². The summed E-state index contributed by atoms with van der Waals surface area (Å²) in [5.41, 5.74) is 3.46. The summed E-state index contributed by atoms with van der Waals surface area (Å²) in [5, 5.41) is 10.0. The van der Waals surface area contributed by atoms with Crippen molar-refractivity contribution < 1.29 is 58.8 Å². The molecule has 370 valence electrons. The Labute approximate surface area is 428 Å². The summed E-state index contributed by atoms with van der Waals surface area (Å²) in [5.74, 6) is 10.4. The van der Waals surface area contributed by atoms with Gasteiger partial charge in [-0.15, -0.1) is 0 Å². The van der Waals surface area contributed by atoms with Gasteiger partial charge in [-0.25, -0.2) is 9.59 Å². The van der Waals surface area contributed by atoms with Crippen molar-refractivity contribution >= 4 is 23.8 Å². The van der Waals surface area contributed by atoms with Crippen LogP contribution < -0.4 is 18.9 Å². The van der Waals surface area contributed by atoms with Crippen molar-refractivity contribution in [3.05, 3.63) is 144 Å². The molecule has 0 saturated carbocycles. The van der Waals surface area contributed by atoms with Crippen molar-refractivity contribution in [1.82, 2.24) is 19.6 Å². The van der Waals surface area contributed by atoms with Crippen LogP contribution in [0.2, 0.25) is 0 Å². The molecule has 70 heavy (non-hydrogen) atoms. The number of hydrogen-bond acceptors (Lipinski definition) is 8. The Bertz CT molecular complexity index is 2290. The maximum absolute atomic E-state index is 14.0. The van der Waals surface area contributed by atoms with Gasteiger partial charge in [0.1, 0.15) is 12.1 Å². The average Bonchev–Trinajstić information content (AvgIpc) is 3.31. The molecule has 2 amide bonds. The van der Waals surface area contributed by atoms with Crippen molar-refractivity contribution in [2.24, 2.45) is 10.8 Å². The van der Waals surface area contributed by atoms with Crippen LogP contribution in [0, 0.1) is 34.5 Å². The first-order chi connectivity index (χ1) is 31.9. The van der Waals surface area contributed by atoms with Gasteiger partial charge in [0, 0.05) is 36.0 Å². The van der Waals surface area contributed by atoms with Gasteiger partial charge in [0.2, 0.25) is 11.8 Å². The third kappa shape index (κ3) is 17.3. The molecule has 0 aliphatic carbocycles. The minimum atomic E-state index is -0.956. The molecule has 4 atom stereocenters. The number of aliphatic carboxylic acids is 1. The summed E-state index contributed by atoms with van der Waals surface area (Å²) >= 11 is 0. The second-order valence-electron chi connectivity index (χ2n) is 19.8. The number of methoxy groups -OCH3 is 1. The van der Waals surface area contributed by atoms with Crippen LogP contribution >= 0.6 is 0 Å². The second-order valence-corrected chi connectivity index (χ2v) is 19.8. The number of carboxylic acid groups (broad SMARTS) is 1. The number of hydrogen-bond donors (Lipinski definition) is 1. The van der Waals surface area contributed by atoms with Crippen molar-refractivity contribution in [3.8, 4) is 23.7 Å². The zero-order chi connectivity index (χ0) is 48.7. The number of likely N-dealkylation sites (tertiary alicyclic amines) is 2. The predicted molar refractivity (Wildman–Crippen MR) is 271 cm³/mol.